The molecule has 4 aromatic rings. The number of carboxylic acid groups (broad SMARTS) is 1. The van der Waals surface area contributed by atoms with Crippen LogP contribution in [-0.4, -0.2) is 95.6 Å². The Bertz CT molecular complexity index is 2130. The van der Waals surface area contributed by atoms with Crippen LogP contribution in [0.15, 0.2) is 91.1 Å². The first-order chi connectivity index (χ1) is 30.3. The van der Waals surface area contributed by atoms with Gasteiger partial charge in [0.05, 0.1) is 7.11 Å². The molecule has 9 N–H and O–H groups in total. The molecule has 5 amide bonds. The van der Waals surface area contributed by atoms with Crippen molar-refractivity contribution in [2.24, 2.45) is 11.7 Å². The first kappa shape index (κ1) is 48.9. The van der Waals surface area contributed by atoms with E-state index >= 15 is 0 Å². The number of carbonyl (C=O) groups excluding carboxylic acids is 6. The maximum Gasteiger partial charge on any atom is 0.408 e. The van der Waals surface area contributed by atoms with Crippen molar-refractivity contribution in [2.45, 2.75) is 102 Å². The zero-order chi connectivity index (χ0) is 45.7. The molecule has 5 atom stereocenters. The highest BCUT2D eigenvalue weighted by Gasteiger charge is 2.34. The van der Waals surface area contributed by atoms with E-state index in [1.165, 1.54) is 7.11 Å². The van der Waals surface area contributed by atoms with Gasteiger partial charge in [0.1, 0.15) is 36.8 Å². The highest BCUT2D eigenvalue weighted by atomic mass is 16.5. The number of para-hydroxylation sites is 1. The fourth-order valence-electron chi connectivity index (χ4n) is 6.91. The van der Waals surface area contributed by atoms with Crippen LogP contribution in [-0.2, 0) is 57.7 Å². The van der Waals surface area contributed by atoms with Crippen LogP contribution in [0.25, 0.3) is 10.9 Å². The van der Waals surface area contributed by atoms with Crippen LogP contribution in [0.2, 0.25) is 0 Å². The average Bonchev–Trinajstić information content (AvgIpc) is 3.68. The second kappa shape index (κ2) is 25.2. The Labute approximate surface area is 366 Å². The number of esters is 1. The molecule has 63 heavy (non-hydrogen) atoms. The Hall–Kier alpha value is -6.75. The summed E-state index contributed by atoms with van der Waals surface area (Å²) in [5.41, 5.74) is 8.65. The van der Waals surface area contributed by atoms with E-state index in [0.717, 1.165) is 10.9 Å². The first-order valence-electron chi connectivity index (χ1n) is 21.0. The summed E-state index contributed by atoms with van der Waals surface area (Å²) in [5, 5.41) is 23.7. The number of methoxy groups -OCH3 is 1. The summed E-state index contributed by atoms with van der Waals surface area (Å²) in [5.74, 6) is -4.81. The highest BCUT2D eigenvalue weighted by Crippen LogP contribution is 2.20. The van der Waals surface area contributed by atoms with Crippen LogP contribution < -0.4 is 32.3 Å². The number of aromatic nitrogens is 1. The predicted molar refractivity (Wildman–Crippen MR) is 235 cm³/mol. The molecule has 0 unspecified atom stereocenters. The molecule has 17 nitrogen and oxygen atoms in total. The Morgan fingerprint density at radius 3 is 1.79 bits per heavy atom. The molecule has 0 aliphatic heterocycles. The van der Waals surface area contributed by atoms with Gasteiger partial charge in [-0.3, -0.25) is 24.0 Å². The standard InChI is InChI=1S/C46H59N7O10/c1-29(2)24-39(45(60)62-3)52-44(59)38(26-32-27-48-34-19-11-10-18-33(32)34)51-41(56)35(20-12-13-23-47)49-43(58)37(25-30-14-6-4-7-15-30)50-42(57)36(21-22-40(54)55)53-46(61)63-28-31-16-8-5-9-17-31/h4-11,14-19,27,29,35-39,48H,12-13,20-26,28,47H2,1-3H3,(H,49,58)(H,50,57)(H,51,56)(H,52,59)(H,53,61)(H,54,55)/t35-,36-,37+,38+,39-/m0/s1. The number of nitrogens with two attached hydrogens (primary N) is 1. The number of amides is 5. The number of nitrogens with one attached hydrogen (secondary N) is 6. The molecule has 0 bridgehead atoms. The van der Waals surface area contributed by atoms with Crippen LogP contribution >= 0.6 is 0 Å². The molecule has 0 spiro atoms. The Kier molecular flexibility index (Phi) is 19.6. The molecule has 0 aliphatic carbocycles. The van der Waals surface area contributed by atoms with Gasteiger partial charge in [-0.05, 0) is 67.3 Å². The Morgan fingerprint density at radius 2 is 1.19 bits per heavy atom. The number of aliphatic carboxylic acids is 1. The minimum atomic E-state index is -1.41. The van der Waals surface area contributed by atoms with E-state index in [9.17, 15) is 38.7 Å². The molecule has 1 aromatic heterocycles. The van der Waals surface area contributed by atoms with Gasteiger partial charge in [-0.25, -0.2) is 9.59 Å². The summed E-state index contributed by atoms with van der Waals surface area (Å²) < 4.78 is 10.2. The maximum atomic E-state index is 14.3. The SMILES string of the molecule is COC(=O)[C@H](CC(C)C)NC(=O)[C@@H](Cc1c[nH]c2ccccc12)NC(=O)[C@H](CCCCN)NC(=O)[C@@H](Cc1ccccc1)NC(=O)[C@H](CCC(=O)O)NC(=O)OCc1ccccc1. The largest absolute Gasteiger partial charge is 0.481 e. The fourth-order valence-corrected chi connectivity index (χ4v) is 6.91. The van der Waals surface area contributed by atoms with E-state index in [-0.39, 0.29) is 44.6 Å². The van der Waals surface area contributed by atoms with Gasteiger partial charge in [-0.2, -0.15) is 0 Å². The smallest absolute Gasteiger partial charge is 0.408 e. The van der Waals surface area contributed by atoms with Gasteiger partial charge < -0.3 is 51.9 Å². The summed E-state index contributed by atoms with van der Waals surface area (Å²) >= 11 is 0. The van der Waals surface area contributed by atoms with E-state index in [1.807, 2.05) is 38.1 Å². The number of carboxylic acids is 1. The van der Waals surface area contributed by atoms with Crippen molar-refractivity contribution in [1.29, 1.82) is 0 Å². The summed E-state index contributed by atoms with van der Waals surface area (Å²) in [4.78, 5) is 96.9. The molecular formula is C46H59N7O10. The number of fused-ring (bicyclic) bond motifs is 1. The van der Waals surface area contributed by atoms with Gasteiger partial charge in [0.2, 0.25) is 23.6 Å². The Balaban J connectivity index is 1.60. The first-order valence-corrected chi connectivity index (χ1v) is 21.0. The molecule has 4 rings (SSSR count). The lowest BCUT2D eigenvalue weighted by atomic mass is 10.00. The van der Waals surface area contributed by atoms with Crippen LogP contribution in [0.1, 0.15) is 69.1 Å². The second-order valence-electron chi connectivity index (χ2n) is 15.6. The molecule has 0 saturated heterocycles. The third kappa shape index (κ3) is 16.2. The molecule has 0 radical (unpaired) electrons. The predicted octanol–water partition coefficient (Wildman–Crippen LogP) is 3.40. The van der Waals surface area contributed by atoms with Gasteiger partial charge in [-0.15, -0.1) is 0 Å². The molecule has 0 saturated carbocycles. The van der Waals surface area contributed by atoms with Gasteiger partial charge in [-0.1, -0.05) is 92.7 Å². The number of benzene rings is 3. The van der Waals surface area contributed by atoms with Gasteiger partial charge in [0.25, 0.3) is 0 Å². The number of unbranched alkanes of at least 4 members (excludes halogenated alkanes) is 1. The number of ether oxygens (including phenoxy) is 2. The lowest BCUT2D eigenvalue weighted by molar-refractivity contribution is -0.146. The average molecular weight is 870 g/mol. The van der Waals surface area contributed by atoms with E-state index in [1.54, 1.807) is 66.9 Å². The topological polar surface area (TPSA) is 260 Å². The van der Waals surface area contributed by atoms with Crippen molar-refractivity contribution < 1.29 is 48.1 Å². The van der Waals surface area contributed by atoms with Crippen molar-refractivity contribution >= 4 is 52.6 Å². The Morgan fingerprint density at radius 1 is 0.651 bits per heavy atom. The van der Waals surface area contributed by atoms with Crippen LogP contribution in [0, 0.1) is 5.92 Å². The summed E-state index contributed by atoms with van der Waals surface area (Å²) in [6.45, 7) is 3.98. The van der Waals surface area contributed by atoms with E-state index in [2.05, 4.69) is 31.6 Å². The normalized spacial score (nSPS) is 13.4. The zero-order valence-electron chi connectivity index (χ0n) is 35.9. The molecule has 1 heterocycles. The molecular weight excluding hydrogens is 811 g/mol. The lowest BCUT2D eigenvalue weighted by Crippen LogP contribution is -2.59. The van der Waals surface area contributed by atoms with Crippen LogP contribution in [0.5, 0.6) is 0 Å². The number of hydrogen-bond donors (Lipinski definition) is 8. The number of aromatic amines is 1. The lowest BCUT2D eigenvalue weighted by Gasteiger charge is -2.27. The zero-order valence-corrected chi connectivity index (χ0v) is 35.9. The van der Waals surface area contributed by atoms with E-state index in [4.69, 9.17) is 15.2 Å². The van der Waals surface area contributed by atoms with Crippen molar-refractivity contribution in [3.63, 3.8) is 0 Å². The highest BCUT2D eigenvalue weighted by molar-refractivity contribution is 5.96. The third-order valence-electron chi connectivity index (χ3n) is 10.2. The number of carbonyl (C=O) groups is 7. The number of rotatable bonds is 25. The quantitative estimate of drug-likeness (QED) is 0.0354. The van der Waals surface area contributed by atoms with Gasteiger partial charge in [0.15, 0.2) is 0 Å². The second-order valence-corrected chi connectivity index (χ2v) is 15.6. The van der Waals surface area contributed by atoms with Crippen molar-refractivity contribution in [3.8, 4) is 0 Å². The number of H-pyrrole nitrogens is 1. The molecule has 3 aromatic carbocycles. The van der Waals surface area contributed by atoms with E-state index < -0.39 is 78.3 Å². The monoisotopic (exact) mass is 869 g/mol. The minimum absolute atomic E-state index is 0.0132. The molecule has 338 valence electrons. The number of alkyl carbamates (subject to hydrolysis) is 1. The molecule has 0 aliphatic rings. The van der Waals surface area contributed by atoms with Crippen molar-refractivity contribution in [2.75, 3.05) is 13.7 Å². The number of hydrogen-bond acceptors (Lipinski definition) is 10. The van der Waals surface area contributed by atoms with Crippen LogP contribution in [0.3, 0.4) is 0 Å². The van der Waals surface area contributed by atoms with Crippen LogP contribution in [0.4, 0.5) is 4.79 Å². The summed E-state index contributed by atoms with van der Waals surface area (Å²) in [6, 6.07) is 18.9. The maximum absolute atomic E-state index is 14.3. The van der Waals surface area contributed by atoms with Gasteiger partial charge >= 0.3 is 18.0 Å². The van der Waals surface area contributed by atoms with Crippen molar-refractivity contribution in [3.05, 3.63) is 108 Å². The fraction of sp³-hybridized carbons (Fsp3) is 0.413. The summed E-state index contributed by atoms with van der Waals surface area (Å²) in [7, 11) is 1.23. The summed E-state index contributed by atoms with van der Waals surface area (Å²) in [6.07, 6.45) is 1.24. The van der Waals surface area contributed by atoms with Crippen molar-refractivity contribution in [1.82, 2.24) is 31.6 Å². The van der Waals surface area contributed by atoms with E-state index in [0.29, 0.717) is 36.1 Å². The molecule has 0 fully saturated rings. The third-order valence-corrected chi connectivity index (χ3v) is 10.2. The minimum Gasteiger partial charge on any atom is -0.481 e. The molecule has 17 heteroatoms. The van der Waals surface area contributed by atoms with Gasteiger partial charge in [0, 0.05) is 36.4 Å².